The third kappa shape index (κ3) is 8.17. The van der Waals surface area contributed by atoms with Crippen LogP contribution in [0.1, 0.15) is 24.5 Å². The summed E-state index contributed by atoms with van der Waals surface area (Å²) in [6.07, 6.45) is 0.901. The van der Waals surface area contributed by atoms with Crippen LogP contribution in [0.2, 0.25) is 0 Å². The fourth-order valence-corrected chi connectivity index (χ4v) is 3.13. The van der Waals surface area contributed by atoms with Crippen molar-refractivity contribution in [2.24, 2.45) is 4.99 Å². The minimum absolute atomic E-state index is 0. The lowest BCUT2D eigenvalue weighted by molar-refractivity contribution is 0.140. The summed E-state index contributed by atoms with van der Waals surface area (Å²) < 4.78 is 30.4. The van der Waals surface area contributed by atoms with Gasteiger partial charge in [-0.05, 0) is 49.7 Å². The van der Waals surface area contributed by atoms with E-state index in [1.807, 2.05) is 6.92 Å². The zero-order valence-electron chi connectivity index (χ0n) is 18.2. The van der Waals surface area contributed by atoms with Crippen LogP contribution >= 0.6 is 24.0 Å². The third-order valence-corrected chi connectivity index (χ3v) is 4.78. The van der Waals surface area contributed by atoms with Crippen molar-refractivity contribution >= 4 is 29.9 Å². The van der Waals surface area contributed by atoms with Gasteiger partial charge in [-0.2, -0.15) is 0 Å². The molecule has 1 heterocycles. The van der Waals surface area contributed by atoms with Crippen molar-refractivity contribution in [3.05, 3.63) is 59.4 Å². The maximum absolute atomic E-state index is 13.0. The number of benzene rings is 2. The number of nitrogens with zero attached hydrogens (tertiary/aromatic N) is 1. The predicted molar refractivity (Wildman–Crippen MR) is 131 cm³/mol. The number of hydrogen-bond acceptors (Lipinski definition) is 4. The molecule has 1 fully saturated rings. The van der Waals surface area contributed by atoms with E-state index in [0.717, 1.165) is 29.9 Å². The summed E-state index contributed by atoms with van der Waals surface area (Å²) in [5, 5.41) is 6.57. The number of rotatable bonds is 8. The van der Waals surface area contributed by atoms with Gasteiger partial charge in [0.15, 0.2) is 5.96 Å². The van der Waals surface area contributed by atoms with Gasteiger partial charge in [0.25, 0.3) is 0 Å². The fourth-order valence-electron chi connectivity index (χ4n) is 3.13. The number of aliphatic imine (C=N–C) groups is 1. The SMILES string of the molecule is CN=C(NCc1ccc(C)cc1OC1CCOC1)NCC(C)Oc1ccc(F)cc1.I. The van der Waals surface area contributed by atoms with Crippen LogP contribution < -0.4 is 20.1 Å². The molecule has 8 heteroatoms. The van der Waals surface area contributed by atoms with Gasteiger partial charge >= 0.3 is 0 Å². The average molecular weight is 543 g/mol. The molecule has 0 bridgehead atoms. The summed E-state index contributed by atoms with van der Waals surface area (Å²) in [4.78, 5) is 4.27. The van der Waals surface area contributed by atoms with E-state index in [1.54, 1.807) is 19.2 Å². The maximum Gasteiger partial charge on any atom is 0.191 e. The Morgan fingerprint density at radius 2 is 2.00 bits per heavy atom. The van der Waals surface area contributed by atoms with E-state index in [4.69, 9.17) is 14.2 Å². The van der Waals surface area contributed by atoms with Crippen LogP contribution in [0.3, 0.4) is 0 Å². The van der Waals surface area contributed by atoms with E-state index in [2.05, 4.69) is 40.7 Å². The average Bonchev–Trinajstić information content (AvgIpc) is 3.24. The van der Waals surface area contributed by atoms with E-state index < -0.39 is 0 Å². The molecule has 31 heavy (non-hydrogen) atoms. The van der Waals surface area contributed by atoms with Crippen molar-refractivity contribution < 1.29 is 18.6 Å². The fraction of sp³-hybridized carbons (Fsp3) is 0.435. The second-order valence-electron chi connectivity index (χ2n) is 7.40. The maximum atomic E-state index is 13.0. The highest BCUT2D eigenvalue weighted by Crippen LogP contribution is 2.23. The van der Waals surface area contributed by atoms with Gasteiger partial charge in [-0.15, -0.1) is 24.0 Å². The van der Waals surface area contributed by atoms with Crippen molar-refractivity contribution in [3.63, 3.8) is 0 Å². The molecular weight excluding hydrogens is 512 g/mol. The van der Waals surface area contributed by atoms with Crippen LogP contribution in [0.5, 0.6) is 11.5 Å². The molecule has 0 aromatic heterocycles. The van der Waals surface area contributed by atoms with Gasteiger partial charge in [-0.3, -0.25) is 4.99 Å². The Balaban J connectivity index is 0.00000341. The number of guanidine groups is 1. The molecule has 0 radical (unpaired) electrons. The number of hydrogen-bond donors (Lipinski definition) is 2. The Morgan fingerprint density at radius 3 is 2.68 bits per heavy atom. The Morgan fingerprint density at radius 1 is 1.23 bits per heavy atom. The summed E-state index contributed by atoms with van der Waals surface area (Å²) in [7, 11) is 1.73. The molecule has 0 aliphatic carbocycles. The lowest BCUT2D eigenvalue weighted by atomic mass is 10.1. The van der Waals surface area contributed by atoms with E-state index >= 15 is 0 Å². The van der Waals surface area contributed by atoms with Crippen LogP contribution in [0.25, 0.3) is 0 Å². The number of aryl methyl sites for hydroxylation is 1. The summed E-state index contributed by atoms with van der Waals surface area (Å²) in [5.74, 6) is 1.89. The summed E-state index contributed by atoms with van der Waals surface area (Å²) >= 11 is 0. The van der Waals surface area contributed by atoms with E-state index in [0.29, 0.717) is 31.4 Å². The molecule has 2 atom stereocenters. The van der Waals surface area contributed by atoms with Gasteiger partial charge in [0.2, 0.25) is 0 Å². The molecule has 2 unspecified atom stereocenters. The van der Waals surface area contributed by atoms with Crippen LogP contribution in [-0.4, -0.2) is 45.0 Å². The first kappa shape index (κ1) is 25.2. The standard InChI is InChI=1S/C23H30FN3O3.HI/c1-16-4-5-18(22(12-16)30-21-10-11-28-15-21)14-27-23(25-3)26-13-17(2)29-20-8-6-19(24)7-9-20;/h4-9,12,17,21H,10-11,13-15H2,1-3H3,(H2,25,26,27);1H. The molecule has 1 saturated heterocycles. The second kappa shape index (κ2) is 12.7. The molecule has 170 valence electrons. The number of ether oxygens (including phenoxy) is 3. The van der Waals surface area contributed by atoms with E-state index in [9.17, 15) is 4.39 Å². The molecular formula is C23H31FIN3O3. The van der Waals surface area contributed by atoms with Crippen LogP contribution in [0.4, 0.5) is 4.39 Å². The molecule has 6 nitrogen and oxygen atoms in total. The van der Waals surface area contributed by atoms with E-state index in [1.165, 1.54) is 12.1 Å². The third-order valence-electron chi connectivity index (χ3n) is 4.78. The number of nitrogens with one attached hydrogen (secondary N) is 2. The van der Waals surface area contributed by atoms with Crippen molar-refractivity contribution in [2.45, 2.75) is 39.0 Å². The zero-order valence-corrected chi connectivity index (χ0v) is 20.5. The molecule has 0 spiro atoms. The zero-order chi connectivity index (χ0) is 21.3. The second-order valence-corrected chi connectivity index (χ2v) is 7.40. The summed E-state index contributed by atoms with van der Waals surface area (Å²) in [5.41, 5.74) is 2.22. The Kier molecular flexibility index (Phi) is 10.3. The molecule has 0 saturated carbocycles. The first-order valence-corrected chi connectivity index (χ1v) is 10.2. The topological polar surface area (TPSA) is 64.1 Å². The minimum Gasteiger partial charge on any atom is -0.489 e. The highest BCUT2D eigenvalue weighted by molar-refractivity contribution is 14.0. The van der Waals surface area contributed by atoms with Gasteiger partial charge in [-0.25, -0.2) is 4.39 Å². The summed E-state index contributed by atoms with van der Waals surface area (Å²) in [6.45, 7) is 6.51. The largest absolute Gasteiger partial charge is 0.489 e. The van der Waals surface area contributed by atoms with Crippen LogP contribution in [-0.2, 0) is 11.3 Å². The van der Waals surface area contributed by atoms with Gasteiger partial charge in [0.1, 0.15) is 29.5 Å². The van der Waals surface area contributed by atoms with Gasteiger partial charge in [-0.1, -0.05) is 12.1 Å². The van der Waals surface area contributed by atoms with E-state index in [-0.39, 0.29) is 42.0 Å². The van der Waals surface area contributed by atoms with Crippen molar-refractivity contribution in [3.8, 4) is 11.5 Å². The molecule has 2 aromatic rings. The van der Waals surface area contributed by atoms with Gasteiger partial charge < -0.3 is 24.8 Å². The highest BCUT2D eigenvalue weighted by Gasteiger charge is 2.19. The first-order valence-electron chi connectivity index (χ1n) is 10.2. The van der Waals surface area contributed by atoms with Crippen LogP contribution in [0, 0.1) is 12.7 Å². The first-order chi connectivity index (χ1) is 14.5. The molecule has 3 rings (SSSR count). The lowest BCUT2D eigenvalue weighted by Crippen LogP contribution is -2.41. The molecule has 0 amide bonds. The smallest absolute Gasteiger partial charge is 0.191 e. The van der Waals surface area contributed by atoms with Gasteiger partial charge in [0, 0.05) is 25.6 Å². The van der Waals surface area contributed by atoms with Crippen molar-refractivity contribution in [1.82, 2.24) is 10.6 Å². The monoisotopic (exact) mass is 543 g/mol. The molecule has 2 N–H and O–H groups in total. The normalized spacial score (nSPS) is 16.9. The highest BCUT2D eigenvalue weighted by atomic mass is 127. The summed E-state index contributed by atoms with van der Waals surface area (Å²) in [6, 6.07) is 12.2. The molecule has 1 aliphatic heterocycles. The Hall–Kier alpha value is -2.07. The molecule has 1 aliphatic rings. The van der Waals surface area contributed by atoms with Gasteiger partial charge in [0.05, 0.1) is 19.8 Å². The lowest BCUT2D eigenvalue weighted by Gasteiger charge is -2.19. The quantitative estimate of drug-likeness (QED) is 0.299. The Labute approximate surface area is 200 Å². The molecule has 2 aromatic carbocycles. The predicted octanol–water partition coefficient (Wildman–Crippen LogP) is 4.05. The number of halogens is 2. The van der Waals surface area contributed by atoms with Crippen molar-refractivity contribution in [2.75, 3.05) is 26.8 Å². The van der Waals surface area contributed by atoms with Crippen molar-refractivity contribution in [1.29, 1.82) is 0 Å². The van der Waals surface area contributed by atoms with Crippen LogP contribution in [0.15, 0.2) is 47.5 Å². The Bertz CT molecular complexity index is 842. The minimum atomic E-state index is -0.280.